The van der Waals surface area contributed by atoms with E-state index in [1.807, 2.05) is 35.2 Å². The van der Waals surface area contributed by atoms with Crippen molar-refractivity contribution in [2.45, 2.75) is 71.1 Å². The molecule has 1 N–H and O–H groups in total. The molecular formula is C22H29N5O. The zero-order valence-corrected chi connectivity index (χ0v) is 16.8. The molecule has 1 aliphatic heterocycles. The first-order valence-electron chi connectivity index (χ1n) is 10.3. The van der Waals surface area contributed by atoms with E-state index in [0.717, 1.165) is 35.5 Å². The number of hydrogen-bond donors (Lipinski definition) is 1. The van der Waals surface area contributed by atoms with Gasteiger partial charge in [0.1, 0.15) is 5.69 Å². The lowest BCUT2D eigenvalue weighted by Crippen LogP contribution is -2.45. The first-order valence-corrected chi connectivity index (χ1v) is 10.3. The number of aliphatic imine (C=N–C) groups is 1. The second-order valence-electron chi connectivity index (χ2n) is 8.08. The summed E-state index contributed by atoms with van der Waals surface area (Å²) >= 11 is 0. The summed E-state index contributed by atoms with van der Waals surface area (Å²) in [4.78, 5) is 24.1. The minimum Gasteiger partial charge on any atom is -0.370 e. The second-order valence-corrected chi connectivity index (χ2v) is 8.08. The van der Waals surface area contributed by atoms with Crippen molar-refractivity contribution < 1.29 is 4.79 Å². The summed E-state index contributed by atoms with van der Waals surface area (Å²) in [5.41, 5.74) is 2.88. The zero-order chi connectivity index (χ0) is 19.5. The molecule has 28 heavy (non-hydrogen) atoms. The average molecular weight is 380 g/mol. The third kappa shape index (κ3) is 3.81. The van der Waals surface area contributed by atoms with Gasteiger partial charge in [-0.15, -0.1) is 0 Å². The fourth-order valence-electron chi connectivity index (χ4n) is 4.34. The van der Waals surface area contributed by atoms with E-state index in [-0.39, 0.29) is 11.9 Å². The standard InChI is InChI=1S/C22H29N5O/c1-16(2)27(19-6-4-3-5-7-19)22(28)18-10-8-17(9-11-18)13-26-15-25-20-12-23-14-24-21(20)26/h8-11,14-16,19H,3-7,12-13H2,1-2H3,(H,23,24). The highest BCUT2D eigenvalue weighted by atomic mass is 16.2. The van der Waals surface area contributed by atoms with E-state index in [2.05, 4.69) is 34.0 Å². The van der Waals surface area contributed by atoms with E-state index >= 15 is 0 Å². The highest BCUT2D eigenvalue weighted by molar-refractivity contribution is 5.94. The third-order valence-corrected chi connectivity index (χ3v) is 5.74. The zero-order valence-electron chi connectivity index (χ0n) is 16.8. The van der Waals surface area contributed by atoms with Crippen molar-refractivity contribution in [2.75, 3.05) is 0 Å². The minimum absolute atomic E-state index is 0.157. The minimum atomic E-state index is 0.157. The topological polar surface area (TPSA) is 62.5 Å². The normalized spacial score (nSPS) is 16.7. The largest absolute Gasteiger partial charge is 0.370 e. The predicted octanol–water partition coefficient (Wildman–Crippen LogP) is 3.88. The van der Waals surface area contributed by atoms with Crippen molar-refractivity contribution in [1.29, 1.82) is 0 Å². The number of amides is 1. The number of benzene rings is 1. The van der Waals surface area contributed by atoms with E-state index in [9.17, 15) is 4.79 Å². The monoisotopic (exact) mass is 379 g/mol. The summed E-state index contributed by atoms with van der Waals surface area (Å²) < 4.78 is 2.05. The van der Waals surface area contributed by atoms with Crippen molar-refractivity contribution in [3.05, 3.63) is 47.4 Å². The number of hydrogen-bond acceptors (Lipinski definition) is 4. The predicted molar refractivity (Wildman–Crippen MR) is 111 cm³/mol. The molecule has 6 heteroatoms. The van der Waals surface area contributed by atoms with E-state index in [1.165, 1.54) is 19.3 Å². The summed E-state index contributed by atoms with van der Waals surface area (Å²) in [6, 6.07) is 8.62. The molecule has 0 atom stereocenters. The van der Waals surface area contributed by atoms with Crippen LogP contribution in [0.3, 0.4) is 0 Å². The van der Waals surface area contributed by atoms with Crippen LogP contribution < -0.4 is 5.32 Å². The maximum absolute atomic E-state index is 13.2. The third-order valence-electron chi connectivity index (χ3n) is 5.74. The van der Waals surface area contributed by atoms with Crippen LogP contribution in [0.5, 0.6) is 0 Å². The number of imidazole rings is 1. The molecule has 0 bridgehead atoms. The van der Waals surface area contributed by atoms with Crippen LogP contribution >= 0.6 is 0 Å². The molecule has 0 radical (unpaired) electrons. The Bertz CT molecular complexity index is 846. The van der Waals surface area contributed by atoms with Crippen LogP contribution in [-0.2, 0) is 13.1 Å². The summed E-state index contributed by atoms with van der Waals surface area (Å²) in [5.74, 6) is 1.06. The number of carbonyl (C=O) groups is 1. The van der Waals surface area contributed by atoms with Crippen LogP contribution in [0.4, 0.5) is 5.82 Å². The van der Waals surface area contributed by atoms with Crippen molar-refractivity contribution >= 4 is 18.1 Å². The Balaban J connectivity index is 1.48. The number of carbonyl (C=O) groups excluding carboxylic acids is 1. The lowest BCUT2D eigenvalue weighted by atomic mass is 9.92. The average Bonchev–Trinajstić information content (AvgIpc) is 3.12. The van der Waals surface area contributed by atoms with Crippen LogP contribution in [0.15, 0.2) is 35.6 Å². The molecule has 148 valence electrons. The molecular weight excluding hydrogens is 350 g/mol. The quantitative estimate of drug-likeness (QED) is 0.858. The molecule has 2 aliphatic rings. The Labute approximate surface area is 166 Å². The summed E-state index contributed by atoms with van der Waals surface area (Å²) in [5, 5.41) is 3.07. The summed E-state index contributed by atoms with van der Waals surface area (Å²) in [6.45, 7) is 5.66. The lowest BCUT2D eigenvalue weighted by molar-refractivity contribution is 0.0555. The SMILES string of the molecule is CC(C)N(C(=O)c1ccc(Cn2cnc3c2N=CNC3)cc1)C1CCCCC1. The van der Waals surface area contributed by atoms with Gasteiger partial charge >= 0.3 is 0 Å². The lowest BCUT2D eigenvalue weighted by Gasteiger charge is -2.37. The number of rotatable bonds is 5. The van der Waals surface area contributed by atoms with Crippen LogP contribution in [-0.4, -0.2) is 38.8 Å². The Morgan fingerprint density at radius 3 is 2.68 bits per heavy atom. The number of nitrogens with one attached hydrogen (secondary N) is 1. The van der Waals surface area contributed by atoms with E-state index in [4.69, 9.17) is 0 Å². The Hall–Kier alpha value is -2.63. The van der Waals surface area contributed by atoms with Gasteiger partial charge in [0.25, 0.3) is 5.91 Å². The van der Waals surface area contributed by atoms with Crippen LogP contribution in [0, 0.1) is 0 Å². The molecule has 1 aromatic carbocycles. The Morgan fingerprint density at radius 1 is 1.21 bits per heavy atom. The molecule has 0 saturated heterocycles. The van der Waals surface area contributed by atoms with Gasteiger partial charge in [0.2, 0.25) is 0 Å². The van der Waals surface area contributed by atoms with Crippen LogP contribution in [0.25, 0.3) is 0 Å². The Kier molecular flexibility index (Phi) is 5.46. The fraction of sp³-hybridized carbons (Fsp3) is 0.500. The van der Waals surface area contributed by atoms with E-state index in [0.29, 0.717) is 19.1 Å². The second kappa shape index (κ2) is 8.17. The van der Waals surface area contributed by atoms with E-state index < -0.39 is 0 Å². The van der Waals surface area contributed by atoms with Gasteiger partial charge in [-0.1, -0.05) is 31.4 Å². The molecule has 1 aromatic heterocycles. The van der Waals surface area contributed by atoms with Gasteiger partial charge in [0, 0.05) is 17.6 Å². The van der Waals surface area contributed by atoms with Crippen molar-refractivity contribution in [2.24, 2.45) is 4.99 Å². The van der Waals surface area contributed by atoms with Crippen LogP contribution in [0.1, 0.15) is 67.6 Å². The molecule has 1 aliphatic carbocycles. The van der Waals surface area contributed by atoms with Crippen LogP contribution in [0.2, 0.25) is 0 Å². The fourth-order valence-corrected chi connectivity index (χ4v) is 4.34. The molecule has 2 aromatic rings. The molecule has 4 rings (SSSR count). The molecule has 1 saturated carbocycles. The smallest absolute Gasteiger partial charge is 0.254 e. The van der Waals surface area contributed by atoms with Gasteiger partial charge in [-0.2, -0.15) is 0 Å². The molecule has 1 amide bonds. The molecule has 0 unspecified atom stereocenters. The van der Waals surface area contributed by atoms with Crippen molar-refractivity contribution in [1.82, 2.24) is 19.8 Å². The Morgan fingerprint density at radius 2 is 1.96 bits per heavy atom. The van der Waals surface area contributed by atoms with Gasteiger partial charge in [0.15, 0.2) is 5.82 Å². The molecule has 6 nitrogen and oxygen atoms in total. The maximum Gasteiger partial charge on any atom is 0.254 e. The molecule has 1 fully saturated rings. The van der Waals surface area contributed by atoms with Gasteiger partial charge in [-0.05, 0) is 44.4 Å². The van der Waals surface area contributed by atoms with Crippen molar-refractivity contribution in [3.63, 3.8) is 0 Å². The number of aromatic nitrogens is 2. The first kappa shape index (κ1) is 18.7. The first-order chi connectivity index (χ1) is 13.6. The number of nitrogens with zero attached hydrogens (tertiary/aromatic N) is 4. The maximum atomic E-state index is 13.2. The van der Waals surface area contributed by atoms with Gasteiger partial charge in [-0.25, -0.2) is 9.98 Å². The van der Waals surface area contributed by atoms with Crippen molar-refractivity contribution in [3.8, 4) is 0 Å². The number of fused-ring (bicyclic) bond motifs is 1. The van der Waals surface area contributed by atoms with E-state index in [1.54, 1.807) is 6.34 Å². The van der Waals surface area contributed by atoms with Gasteiger partial charge in [0.05, 0.1) is 25.8 Å². The highest BCUT2D eigenvalue weighted by Gasteiger charge is 2.28. The molecule has 0 spiro atoms. The molecule has 2 heterocycles. The summed E-state index contributed by atoms with van der Waals surface area (Å²) in [7, 11) is 0. The van der Waals surface area contributed by atoms with Gasteiger partial charge < -0.3 is 14.8 Å². The van der Waals surface area contributed by atoms with Gasteiger partial charge in [-0.3, -0.25) is 4.79 Å². The highest BCUT2D eigenvalue weighted by Crippen LogP contribution is 2.26. The summed E-state index contributed by atoms with van der Waals surface area (Å²) in [6.07, 6.45) is 9.56.